The van der Waals surface area contributed by atoms with Crippen LogP contribution in [-0.2, 0) is 9.09 Å². The lowest BCUT2D eigenvalue weighted by atomic mass is 10.1. The molecular formula is C7H19ClNO7P. The van der Waals surface area contributed by atoms with Gasteiger partial charge in [0.05, 0.1) is 25.4 Å². The molecule has 0 bridgehead atoms. The summed E-state index contributed by atoms with van der Waals surface area (Å²) in [5.74, 6) is 0. The Morgan fingerprint density at radius 3 is 1.71 bits per heavy atom. The van der Waals surface area contributed by atoms with E-state index in [1.807, 2.05) is 0 Å². The first-order chi connectivity index (χ1) is 7.64. The molecule has 0 aromatic carbocycles. The zero-order chi connectivity index (χ0) is 14.1. The van der Waals surface area contributed by atoms with Gasteiger partial charge in [0.1, 0.15) is 5.56 Å². The molecule has 0 amide bonds. The Morgan fingerprint density at radius 1 is 1.29 bits per heavy atom. The summed E-state index contributed by atoms with van der Waals surface area (Å²) in [5, 5.41) is 25.0. The van der Waals surface area contributed by atoms with Gasteiger partial charge in [-0.2, -0.15) is 0 Å². The van der Waals surface area contributed by atoms with Gasteiger partial charge in [0.2, 0.25) is 0 Å². The van der Waals surface area contributed by atoms with Gasteiger partial charge in [0, 0.05) is 0 Å². The van der Waals surface area contributed by atoms with Crippen molar-refractivity contribution < 1.29 is 34.2 Å². The number of alkyl halides is 1. The van der Waals surface area contributed by atoms with Crippen LogP contribution in [0.4, 0.5) is 0 Å². The van der Waals surface area contributed by atoms with Gasteiger partial charge in [-0.25, -0.2) is 4.57 Å². The number of aliphatic hydroxyl groups excluding tert-OH is 3. The van der Waals surface area contributed by atoms with Crippen molar-refractivity contribution in [2.45, 2.75) is 24.4 Å². The first kappa shape index (κ1) is 19.6. The predicted molar refractivity (Wildman–Crippen MR) is 61.2 cm³/mol. The van der Waals surface area contributed by atoms with Crippen LogP contribution >= 0.6 is 19.4 Å². The average molecular weight is 296 g/mol. The molecule has 0 radical (unpaired) electrons. The molecule has 0 spiro atoms. The zero-order valence-corrected chi connectivity index (χ0v) is 11.0. The zero-order valence-electron chi connectivity index (χ0n) is 9.36. The molecule has 7 N–H and O–H groups in total. The van der Waals surface area contributed by atoms with E-state index < -0.39 is 38.7 Å². The average Bonchev–Trinajstić information content (AvgIpc) is 2.26. The molecule has 10 heteroatoms. The van der Waals surface area contributed by atoms with Gasteiger partial charge in [-0.1, -0.05) is 18.5 Å². The van der Waals surface area contributed by atoms with Crippen LogP contribution in [0.2, 0.25) is 0 Å². The molecule has 0 rings (SSSR count). The van der Waals surface area contributed by atoms with Crippen molar-refractivity contribution in [1.82, 2.24) is 0 Å². The van der Waals surface area contributed by atoms with E-state index in [9.17, 15) is 4.57 Å². The lowest BCUT2D eigenvalue weighted by Gasteiger charge is -2.20. The normalized spacial score (nSPS) is 13.9. The van der Waals surface area contributed by atoms with Crippen LogP contribution in [0.25, 0.3) is 0 Å². The van der Waals surface area contributed by atoms with Gasteiger partial charge in [0.25, 0.3) is 0 Å². The maximum absolute atomic E-state index is 9.99. The van der Waals surface area contributed by atoms with E-state index in [4.69, 9.17) is 42.4 Å². The number of hydrogen-bond donors (Lipinski definition) is 6. The number of aliphatic hydroxyl groups is 3. The summed E-state index contributed by atoms with van der Waals surface area (Å²) in [6.07, 6.45) is 0.368. The van der Waals surface area contributed by atoms with Crippen molar-refractivity contribution in [2.75, 3.05) is 19.8 Å². The number of phosphoric acid groups is 1. The Hall–Kier alpha value is 0.240. The van der Waals surface area contributed by atoms with Crippen LogP contribution in [0.5, 0.6) is 0 Å². The summed E-state index contributed by atoms with van der Waals surface area (Å²) < 4.78 is 14.0. The highest BCUT2D eigenvalue weighted by atomic mass is 35.5. The molecule has 0 fully saturated rings. The summed E-state index contributed by atoms with van der Waals surface area (Å²) >= 11 is 5.24. The summed E-state index contributed by atoms with van der Waals surface area (Å²) in [5.41, 5.74) is 3.04. The molecule has 8 nitrogen and oxygen atoms in total. The number of rotatable bonds is 6. The van der Waals surface area contributed by atoms with Crippen molar-refractivity contribution in [3.05, 3.63) is 0 Å². The fraction of sp³-hybridized carbons (Fsp3) is 1.00. The summed E-state index contributed by atoms with van der Waals surface area (Å²) in [6.45, 7) is 0.452. The van der Waals surface area contributed by atoms with E-state index >= 15 is 0 Å². The second-order valence-corrected chi connectivity index (χ2v) is 4.93. The smallest absolute Gasteiger partial charge is 0.394 e. The first-order valence-corrected chi connectivity index (χ1v) is 6.60. The van der Waals surface area contributed by atoms with Gasteiger partial charge >= 0.3 is 7.82 Å². The van der Waals surface area contributed by atoms with Gasteiger partial charge in [-0.15, -0.1) is 0 Å². The molecular weight excluding hydrogens is 277 g/mol. The molecule has 0 aromatic rings. The van der Waals surface area contributed by atoms with Crippen molar-refractivity contribution in [2.24, 2.45) is 5.73 Å². The number of hydrogen-bond acceptors (Lipinski definition) is 6. The molecule has 0 aliphatic heterocycles. The fourth-order valence-corrected chi connectivity index (χ4v) is 1.13. The lowest BCUT2D eigenvalue weighted by molar-refractivity contribution is 0.0697. The molecule has 0 saturated heterocycles. The molecule has 0 heterocycles. The Morgan fingerprint density at radius 2 is 1.65 bits per heavy atom. The number of halogens is 1. The molecule has 17 heavy (non-hydrogen) atoms. The Kier molecular flexibility index (Phi) is 10.6. The second kappa shape index (κ2) is 9.21. The van der Waals surface area contributed by atoms with Crippen molar-refractivity contribution in [1.29, 1.82) is 0 Å². The van der Waals surface area contributed by atoms with Crippen molar-refractivity contribution in [3.63, 3.8) is 0 Å². The third kappa shape index (κ3) is 12.5. The maximum Gasteiger partial charge on any atom is 0.471 e. The minimum Gasteiger partial charge on any atom is -0.394 e. The minimum absolute atomic E-state index is 0.368. The third-order valence-electron chi connectivity index (χ3n) is 1.52. The van der Waals surface area contributed by atoms with Crippen LogP contribution in [0.1, 0.15) is 13.3 Å². The van der Waals surface area contributed by atoms with E-state index in [-0.39, 0.29) is 0 Å². The van der Waals surface area contributed by atoms with E-state index in [0.717, 1.165) is 0 Å². The third-order valence-corrected chi connectivity index (χ3v) is 2.57. The highest BCUT2D eigenvalue weighted by Gasteiger charge is 2.20. The van der Waals surface area contributed by atoms with E-state index in [0.29, 0.717) is 6.42 Å². The number of nitrogens with two attached hydrogens (primary N) is 1. The number of phosphoric ester groups is 1. The van der Waals surface area contributed by atoms with Crippen LogP contribution < -0.4 is 5.73 Å². The van der Waals surface area contributed by atoms with Crippen LogP contribution in [0.15, 0.2) is 0 Å². The molecule has 0 aliphatic rings. The summed E-state index contributed by atoms with van der Waals surface area (Å²) in [4.78, 5) is 16.2. The Balaban J connectivity index is 0. The quantitative estimate of drug-likeness (QED) is 0.262. The Bertz CT molecular complexity index is 224. The Labute approximate surface area is 104 Å². The van der Waals surface area contributed by atoms with Crippen molar-refractivity contribution >= 4 is 19.4 Å². The standard InChI is InChI=1S/C4H11NO3.C3H8ClO4P/c5-4(1-6,2-7)3-8;1-2-3(4)8-9(5,6)7/h6-8H,1-3,5H2;3H,2H2,1H3,(H2,5,6,7). The minimum atomic E-state index is -4.37. The fourth-order valence-electron chi connectivity index (χ4n) is 0.374. The lowest BCUT2D eigenvalue weighted by Crippen LogP contribution is -2.50. The topological polar surface area (TPSA) is 153 Å². The van der Waals surface area contributed by atoms with Gasteiger partial charge in [0.15, 0.2) is 0 Å². The van der Waals surface area contributed by atoms with Crippen LogP contribution in [0, 0.1) is 0 Å². The summed E-state index contributed by atoms with van der Waals surface area (Å²) in [7, 11) is -4.37. The summed E-state index contributed by atoms with van der Waals surface area (Å²) in [6, 6.07) is 0. The van der Waals surface area contributed by atoms with E-state index in [2.05, 4.69) is 4.52 Å². The second-order valence-electron chi connectivity index (χ2n) is 3.25. The van der Waals surface area contributed by atoms with Gasteiger partial charge < -0.3 is 30.8 Å². The van der Waals surface area contributed by atoms with Gasteiger partial charge in [-0.3, -0.25) is 4.52 Å². The van der Waals surface area contributed by atoms with E-state index in [1.165, 1.54) is 0 Å². The predicted octanol–water partition coefficient (Wildman–Crippen LogP) is -1.27. The molecule has 0 aromatic heterocycles. The molecule has 0 saturated carbocycles. The molecule has 1 unspecified atom stereocenters. The highest BCUT2D eigenvalue weighted by Crippen LogP contribution is 2.38. The van der Waals surface area contributed by atoms with Gasteiger partial charge in [-0.05, 0) is 6.42 Å². The first-order valence-electron chi connectivity index (χ1n) is 4.63. The van der Waals surface area contributed by atoms with E-state index in [1.54, 1.807) is 6.92 Å². The molecule has 0 aliphatic carbocycles. The molecule has 106 valence electrons. The SMILES string of the molecule is CCC(Cl)OP(=O)(O)O.NC(CO)(CO)CO. The monoisotopic (exact) mass is 295 g/mol. The van der Waals surface area contributed by atoms with Crippen LogP contribution in [0.3, 0.4) is 0 Å². The largest absolute Gasteiger partial charge is 0.471 e. The molecule has 1 atom stereocenters. The maximum atomic E-state index is 9.99. The van der Waals surface area contributed by atoms with Crippen LogP contribution in [-0.4, -0.2) is 56.0 Å². The highest BCUT2D eigenvalue weighted by molar-refractivity contribution is 7.46. The van der Waals surface area contributed by atoms with Crippen molar-refractivity contribution in [3.8, 4) is 0 Å².